The summed E-state index contributed by atoms with van der Waals surface area (Å²) in [6.45, 7) is 2.86. The normalized spacial score (nSPS) is 16.0. The van der Waals surface area contributed by atoms with E-state index in [1.165, 1.54) is 17.2 Å². The first-order valence-corrected chi connectivity index (χ1v) is 10.5. The molecule has 0 spiro atoms. The Bertz CT molecular complexity index is 1120. The molecule has 3 aromatic rings. The van der Waals surface area contributed by atoms with Crippen molar-refractivity contribution < 1.29 is 23.8 Å². The number of amides is 1. The Balaban J connectivity index is 1.74. The molecule has 2 aromatic heterocycles. The van der Waals surface area contributed by atoms with E-state index in [4.69, 9.17) is 9.15 Å². The number of hydrogen-bond donors (Lipinski definition) is 1. The summed E-state index contributed by atoms with van der Waals surface area (Å²) in [5.74, 6) is -1.00. The maximum atomic E-state index is 13.2. The summed E-state index contributed by atoms with van der Waals surface area (Å²) in [4.78, 5) is 31.8. The van der Waals surface area contributed by atoms with Crippen molar-refractivity contribution >= 4 is 11.7 Å². The number of carbonyl (C=O) groups is 2. The van der Waals surface area contributed by atoms with Gasteiger partial charge in [0.1, 0.15) is 5.75 Å². The van der Waals surface area contributed by atoms with Gasteiger partial charge in [-0.15, -0.1) is 0 Å². The number of Topliss-reactive ketones (excluding diaryl/α,β-unsaturated/α-hetero) is 1. The smallest absolute Gasteiger partial charge is 0.290 e. The van der Waals surface area contributed by atoms with Crippen LogP contribution in [0.4, 0.5) is 0 Å². The maximum absolute atomic E-state index is 13.2. The SMILES string of the molecule is CCCCOc1cccc(C2C(C(=O)c3ccco3)=C(O)C(=O)N2Cc2ccncc2)c1. The lowest BCUT2D eigenvalue weighted by molar-refractivity contribution is -0.130. The molecule has 7 nitrogen and oxygen atoms in total. The topological polar surface area (TPSA) is 92.9 Å². The third-order valence-electron chi connectivity index (χ3n) is 5.34. The highest BCUT2D eigenvalue weighted by Gasteiger charge is 2.44. The number of furan rings is 1. The number of ether oxygens (including phenoxy) is 1. The minimum Gasteiger partial charge on any atom is -0.503 e. The Morgan fingerprint density at radius 1 is 1.19 bits per heavy atom. The van der Waals surface area contributed by atoms with Gasteiger partial charge in [0.2, 0.25) is 5.78 Å². The van der Waals surface area contributed by atoms with E-state index in [9.17, 15) is 14.7 Å². The molecule has 0 saturated carbocycles. The molecule has 0 fully saturated rings. The molecule has 1 aromatic carbocycles. The lowest BCUT2D eigenvalue weighted by atomic mass is 9.94. The molecule has 0 bridgehead atoms. The first kappa shape index (κ1) is 21.4. The number of aromatic nitrogens is 1. The van der Waals surface area contributed by atoms with Crippen LogP contribution in [0.1, 0.15) is 47.5 Å². The standard InChI is InChI=1S/C25H24N2O5/c1-2-3-13-31-19-7-4-6-18(15-19)22-21(23(28)20-8-5-14-32-20)24(29)25(30)27(22)16-17-9-11-26-12-10-17/h4-12,14-15,22,29H,2-3,13,16H2,1H3. The Morgan fingerprint density at radius 3 is 2.72 bits per heavy atom. The summed E-state index contributed by atoms with van der Waals surface area (Å²) >= 11 is 0. The van der Waals surface area contributed by atoms with Gasteiger partial charge in [0.05, 0.1) is 24.5 Å². The molecule has 1 amide bonds. The van der Waals surface area contributed by atoms with E-state index in [1.807, 2.05) is 18.2 Å². The first-order valence-electron chi connectivity index (χ1n) is 10.5. The Labute approximate surface area is 186 Å². The van der Waals surface area contributed by atoms with E-state index >= 15 is 0 Å². The van der Waals surface area contributed by atoms with Gasteiger partial charge in [-0.3, -0.25) is 14.6 Å². The summed E-state index contributed by atoms with van der Waals surface area (Å²) in [5.41, 5.74) is 1.48. The van der Waals surface area contributed by atoms with Gasteiger partial charge in [0.15, 0.2) is 11.5 Å². The third kappa shape index (κ3) is 4.27. The minimum atomic E-state index is -0.789. The number of pyridine rings is 1. The number of rotatable bonds is 9. The second-order valence-electron chi connectivity index (χ2n) is 7.53. The number of benzene rings is 1. The van der Waals surface area contributed by atoms with Crippen LogP contribution in [0.25, 0.3) is 0 Å². The molecule has 1 aliphatic rings. The zero-order valence-corrected chi connectivity index (χ0v) is 17.7. The summed E-state index contributed by atoms with van der Waals surface area (Å²) < 4.78 is 11.1. The van der Waals surface area contributed by atoms with Gasteiger partial charge >= 0.3 is 0 Å². The quantitative estimate of drug-likeness (QED) is 0.391. The van der Waals surface area contributed by atoms with Crippen LogP contribution in [0.5, 0.6) is 5.75 Å². The molecule has 164 valence electrons. The van der Waals surface area contributed by atoms with Gasteiger partial charge in [-0.2, -0.15) is 0 Å². The largest absolute Gasteiger partial charge is 0.503 e. The zero-order chi connectivity index (χ0) is 22.5. The van der Waals surface area contributed by atoms with Crippen LogP contribution in [-0.4, -0.2) is 33.3 Å². The number of ketones is 1. The van der Waals surface area contributed by atoms with Crippen molar-refractivity contribution in [1.29, 1.82) is 0 Å². The van der Waals surface area contributed by atoms with Gasteiger partial charge in [0, 0.05) is 18.9 Å². The van der Waals surface area contributed by atoms with Crippen molar-refractivity contribution in [2.45, 2.75) is 32.4 Å². The molecule has 4 rings (SSSR count). The highest BCUT2D eigenvalue weighted by atomic mass is 16.5. The maximum Gasteiger partial charge on any atom is 0.290 e. The molecule has 0 saturated heterocycles. The average Bonchev–Trinajstić information content (AvgIpc) is 3.43. The highest BCUT2D eigenvalue weighted by molar-refractivity contribution is 6.15. The van der Waals surface area contributed by atoms with Crippen LogP contribution in [-0.2, 0) is 11.3 Å². The molecule has 3 heterocycles. The third-order valence-corrected chi connectivity index (χ3v) is 5.34. The van der Waals surface area contributed by atoms with Gasteiger partial charge in [-0.1, -0.05) is 25.5 Å². The summed E-state index contributed by atoms with van der Waals surface area (Å²) in [7, 11) is 0. The van der Waals surface area contributed by atoms with Crippen molar-refractivity contribution in [3.8, 4) is 5.75 Å². The highest BCUT2D eigenvalue weighted by Crippen LogP contribution is 2.40. The molecular formula is C25H24N2O5. The summed E-state index contributed by atoms with van der Waals surface area (Å²) in [6.07, 6.45) is 6.58. The van der Waals surface area contributed by atoms with E-state index in [1.54, 1.807) is 36.7 Å². The van der Waals surface area contributed by atoms with Crippen molar-refractivity contribution in [2.24, 2.45) is 0 Å². The second-order valence-corrected chi connectivity index (χ2v) is 7.53. The lowest BCUT2D eigenvalue weighted by Crippen LogP contribution is -2.30. The predicted molar refractivity (Wildman–Crippen MR) is 117 cm³/mol. The molecule has 1 atom stereocenters. The van der Waals surface area contributed by atoms with Crippen LogP contribution in [0.3, 0.4) is 0 Å². The summed E-state index contributed by atoms with van der Waals surface area (Å²) in [5, 5.41) is 10.7. The van der Waals surface area contributed by atoms with Gasteiger partial charge in [0.25, 0.3) is 5.91 Å². The van der Waals surface area contributed by atoms with Gasteiger partial charge in [-0.05, 0) is 53.9 Å². The van der Waals surface area contributed by atoms with E-state index < -0.39 is 23.5 Å². The number of aliphatic hydroxyl groups excluding tert-OH is 1. The summed E-state index contributed by atoms with van der Waals surface area (Å²) in [6, 6.07) is 13.2. The number of hydrogen-bond acceptors (Lipinski definition) is 6. The Hall–Kier alpha value is -3.87. The Morgan fingerprint density at radius 2 is 2.00 bits per heavy atom. The van der Waals surface area contributed by atoms with Crippen LogP contribution in [0.2, 0.25) is 0 Å². The molecule has 0 radical (unpaired) electrons. The zero-order valence-electron chi connectivity index (χ0n) is 17.7. The molecule has 7 heteroatoms. The number of unbranched alkanes of at least 4 members (excludes halogenated alkanes) is 1. The van der Waals surface area contributed by atoms with Crippen molar-refractivity contribution in [1.82, 2.24) is 9.88 Å². The van der Waals surface area contributed by atoms with E-state index in [2.05, 4.69) is 11.9 Å². The molecule has 1 unspecified atom stereocenters. The van der Waals surface area contributed by atoms with E-state index in [0.717, 1.165) is 18.4 Å². The number of aliphatic hydroxyl groups is 1. The first-order chi connectivity index (χ1) is 15.6. The molecule has 32 heavy (non-hydrogen) atoms. The minimum absolute atomic E-state index is 0.00952. The van der Waals surface area contributed by atoms with Crippen LogP contribution >= 0.6 is 0 Å². The molecule has 1 aliphatic heterocycles. The number of nitrogens with zero attached hydrogens (tertiary/aromatic N) is 2. The predicted octanol–water partition coefficient (Wildman–Crippen LogP) is 4.63. The van der Waals surface area contributed by atoms with Crippen LogP contribution in [0, 0.1) is 0 Å². The van der Waals surface area contributed by atoms with Gasteiger partial charge in [-0.25, -0.2) is 0 Å². The number of carbonyl (C=O) groups excluding carboxylic acids is 2. The Kier molecular flexibility index (Phi) is 6.35. The van der Waals surface area contributed by atoms with Crippen molar-refractivity contribution in [3.05, 3.63) is 95.4 Å². The fourth-order valence-electron chi connectivity index (χ4n) is 3.73. The van der Waals surface area contributed by atoms with Gasteiger partial charge < -0.3 is 19.2 Å². The van der Waals surface area contributed by atoms with Crippen LogP contribution < -0.4 is 4.74 Å². The van der Waals surface area contributed by atoms with Crippen molar-refractivity contribution in [3.63, 3.8) is 0 Å². The lowest BCUT2D eigenvalue weighted by Gasteiger charge is -2.27. The van der Waals surface area contributed by atoms with Crippen molar-refractivity contribution in [2.75, 3.05) is 6.61 Å². The van der Waals surface area contributed by atoms with E-state index in [-0.39, 0.29) is 17.9 Å². The molecule has 1 N–H and O–H groups in total. The second kappa shape index (κ2) is 9.51. The van der Waals surface area contributed by atoms with Crippen LogP contribution in [0.15, 0.2) is 82.9 Å². The average molecular weight is 432 g/mol. The molecular weight excluding hydrogens is 408 g/mol. The fraction of sp³-hybridized carbons (Fsp3) is 0.240. The monoisotopic (exact) mass is 432 g/mol. The van der Waals surface area contributed by atoms with E-state index in [0.29, 0.717) is 17.9 Å². The fourth-order valence-corrected chi connectivity index (χ4v) is 3.73. The molecule has 0 aliphatic carbocycles.